The third-order valence-corrected chi connectivity index (χ3v) is 12.0. The number of carbonyl (C=O) groups is 5. The van der Waals surface area contributed by atoms with Gasteiger partial charge in [0.2, 0.25) is 6.10 Å². The zero-order chi connectivity index (χ0) is 32.9. The van der Waals surface area contributed by atoms with Crippen LogP contribution in [0.5, 0.6) is 0 Å². The van der Waals surface area contributed by atoms with Gasteiger partial charge >= 0.3 is 23.9 Å². The number of Topliss-reactive ketones (excluding diaryl/α,β-unsaturated/α-hetero) is 1. The standard InChI is InChI=1S/C34H42O11/c1-9-16(2)29(38)44-27-22-25(37)33(7,24(31(27,4)5)23(30(39)40-8)42-17(3)35)19-10-12-32(6)20(34(19)28(22)45-34)14-21(36)43-26(32)18-11-13-41-15-18/h9,11,13,15,19-20,22-24,26-28H,10,12,14H2,1-8H3/t19-,20-,22+,23+,24+,26+,27-,28-,32-,33-,34-/m1/s1. The number of methoxy groups -OCH3 is 1. The molecule has 2 aliphatic heterocycles. The van der Waals surface area contributed by atoms with Crippen molar-refractivity contribution in [2.45, 2.75) is 97.7 Å². The van der Waals surface area contributed by atoms with E-state index in [1.807, 2.05) is 20.8 Å². The predicted octanol–water partition coefficient (Wildman–Crippen LogP) is 4.28. The van der Waals surface area contributed by atoms with E-state index in [-0.39, 0.29) is 24.1 Å². The van der Waals surface area contributed by atoms with Crippen molar-refractivity contribution in [2.24, 2.45) is 39.9 Å². The normalized spacial score (nSPS) is 41.8. The molecule has 1 spiro atoms. The van der Waals surface area contributed by atoms with Gasteiger partial charge in [-0.25, -0.2) is 9.59 Å². The molecule has 0 aromatic carbocycles. The smallest absolute Gasteiger partial charge is 0.347 e. The lowest BCUT2D eigenvalue weighted by atomic mass is 9.37. The highest BCUT2D eigenvalue weighted by molar-refractivity contribution is 5.95. The zero-order valence-corrected chi connectivity index (χ0v) is 27.0. The highest BCUT2D eigenvalue weighted by Crippen LogP contribution is 2.77. The van der Waals surface area contributed by atoms with Gasteiger partial charge < -0.3 is 28.1 Å². The van der Waals surface area contributed by atoms with Crippen LogP contribution in [0.3, 0.4) is 0 Å². The Labute approximate surface area is 262 Å². The summed E-state index contributed by atoms with van der Waals surface area (Å²) in [4.78, 5) is 67.4. The van der Waals surface area contributed by atoms with Gasteiger partial charge in [0, 0.05) is 52.1 Å². The summed E-state index contributed by atoms with van der Waals surface area (Å²) in [5, 5.41) is 0. The molecule has 0 amide bonds. The van der Waals surface area contributed by atoms with E-state index < -0.39 is 81.9 Å². The highest BCUT2D eigenvalue weighted by atomic mass is 16.6. The number of ketones is 1. The molecule has 2 saturated heterocycles. The lowest BCUT2D eigenvalue weighted by Crippen LogP contribution is -2.74. The van der Waals surface area contributed by atoms with Crippen LogP contribution in [0.2, 0.25) is 0 Å². The van der Waals surface area contributed by atoms with E-state index >= 15 is 0 Å². The summed E-state index contributed by atoms with van der Waals surface area (Å²) in [6.07, 6.45) is 2.24. The number of furan rings is 1. The van der Waals surface area contributed by atoms with Gasteiger partial charge in [0.25, 0.3) is 0 Å². The molecule has 11 heteroatoms. The minimum atomic E-state index is -1.46. The fourth-order valence-corrected chi connectivity index (χ4v) is 10.1. The summed E-state index contributed by atoms with van der Waals surface area (Å²) in [5.41, 5.74) is -2.75. The molecule has 0 N–H and O–H groups in total. The fourth-order valence-electron chi connectivity index (χ4n) is 10.1. The monoisotopic (exact) mass is 626 g/mol. The summed E-state index contributed by atoms with van der Waals surface area (Å²) in [7, 11) is 1.20. The molecule has 5 aliphatic rings. The first-order valence-electron chi connectivity index (χ1n) is 15.6. The number of hydrogen-bond acceptors (Lipinski definition) is 11. The van der Waals surface area contributed by atoms with Gasteiger partial charge in [-0.1, -0.05) is 33.8 Å². The minimum absolute atomic E-state index is 0.0788. The molecule has 45 heavy (non-hydrogen) atoms. The second-order valence-corrected chi connectivity index (χ2v) is 14.5. The van der Waals surface area contributed by atoms with Crippen LogP contribution in [0.25, 0.3) is 0 Å². The van der Waals surface area contributed by atoms with Crippen LogP contribution in [0, 0.1) is 39.9 Å². The van der Waals surface area contributed by atoms with E-state index in [0.29, 0.717) is 18.4 Å². The van der Waals surface area contributed by atoms with Crippen molar-refractivity contribution in [3.63, 3.8) is 0 Å². The molecular weight excluding hydrogens is 584 g/mol. The number of carbonyl (C=O) groups excluding carboxylic acids is 5. The molecule has 1 aromatic rings. The second-order valence-electron chi connectivity index (χ2n) is 14.5. The predicted molar refractivity (Wildman–Crippen MR) is 155 cm³/mol. The Morgan fingerprint density at radius 3 is 2.40 bits per heavy atom. The van der Waals surface area contributed by atoms with E-state index in [9.17, 15) is 24.0 Å². The third-order valence-electron chi connectivity index (χ3n) is 12.0. The van der Waals surface area contributed by atoms with Gasteiger partial charge in [-0.15, -0.1) is 0 Å². The molecule has 2 bridgehead atoms. The fraction of sp³-hybridized carbons (Fsp3) is 0.676. The van der Waals surface area contributed by atoms with Crippen LogP contribution in [0.15, 0.2) is 34.7 Å². The number of fused-ring (bicyclic) bond motifs is 5. The molecule has 11 nitrogen and oxygen atoms in total. The maximum atomic E-state index is 14.9. The number of esters is 4. The van der Waals surface area contributed by atoms with Crippen LogP contribution < -0.4 is 0 Å². The van der Waals surface area contributed by atoms with E-state index in [1.165, 1.54) is 14.0 Å². The van der Waals surface area contributed by atoms with Crippen molar-refractivity contribution >= 4 is 29.7 Å². The van der Waals surface area contributed by atoms with Crippen LogP contribution in [0.1, 0.15) is 79.4 Å². The summed E-state index contributed by atoms with van der Waals surface area (Å²) in [6, 6.07) is 1.79. The van der Waals surface area contributed by atoms with Crippen molar-refractivity contribution in [3.8, 4) is 0 Å². The first-order chi connectivity index (χ1) is 21.1. The zero-order valence-electron chi connectivity index (χ0n) is 27.0. The molecule has 3 saturated carbocycles. The Morgan fingerprint density at radius 1 is 1.09 bits per heavy atom. The lowest BCUT2D eigenvalue weighted by molar-refractivity contribution is -0.234. The lowest BCUT2D eigenvalue weighted by Gasteiger charge is -2.65. The van der Waals surface area contributed by atoms with Crippen molar-refractivity contribution in [2.75, 3.05) is 7.11 Å². The topological polar surface area (TPSA) is 148 Å². The first kappa shape index (κ1) is 31.5. The van der Waals surface area contributed by atoms with E-state index in [0.717, 1.165) is 5.56 Å². The molecule has 5 fully saturated rings. The number of epoxide rings is 1. The number of allylic oxidation sites excluding steroid dienone is 1. The van der Waals surface area contributed by atoms with Crippen LogP contribution in [0.4, 0.5) is 0 Å². The number of cyclic esters (lactones) is 1. The second kappa shape index (κ2) is 10.3. The molecule has 3 heterocycles. The summed E-state index contributed by atoms with van der Waals surface area (Å²) >= 11 is 0. The molecule has 244 valence electrons. The average Bonchev–Trinajstić information content (AvgIpc) is 3.43. The van der Waals surface area contributed by atoms with Crippen LogP contribution >= 0.6 is 0 Å². The SMILES string of the molecule is CC=C(C)C(=O)O[C@@H]1[C@@H]2C(=O)[C@](C)([C@H]3CC[C@]4(C)[C@@H](CC(=O)O[C@H]4c4ccoc4)[C@]34O[C@H]24)[C@@H]([C@H](OC(C)=O)C(=O)OC)C1(C)C. The molecule has 3 aliphatic carbocycles. The summed E-state index contributed by atoms with van der Waals surface area (Å²) in [6.45, 7) is 12.1. The average molecular weight is 627 g/mol. The first-order valence-corrected chi connectivity index (χ1v) is 15.6. The largest absolute Gasteiger partial charge is 0.472 e. The van der Waals surface area contributed by atoms with Gasteiger partial charge in [0.05, 0.1) is 32.0 Å². The van der Waals surface area contributed by atoms with Crippen molar-refractivity contribution in [3.05, 3.63) is 35.8 Å². The quantitative estimate of drug-likeness (QED) is 0.193. The van der Waals surface area contributed by atoms with Crippen LogP contribution in [-0.2, 0) is 47.7 Å². The Kier molecular flexibility index (Phi) is 7.19. The van der Waals surface area contributed by atoms with E-state index in [2.05, 4.69) is 6.92 Å². The summed E-state index contributed by atoms with van der Waals surface area (Å²) in [5.74, 6) is -5.33. The Balaban J connectivity index is 1.54. The molecule has 6 rings (SSSR count). The van der Waals surface area contributed by atoms with E-state index in [1.54, 1.807) is 38.5 Å². The number of ether oxygens (including phenoxy) is 5. The molecule has 0 unspecified atom stereocenters. The number of rotatable bonds is 6. The van der Waals surface area contributed by atoms with Gasteiger partial charge in [0.15, 0.2) is 0 Å². The Bertz CT molecular complexity index is 1470. The Hall–Kier alpha value is -3.47. The number of hydrogen-bond donors (Lipinski definition) is 0. The van der Waals surface area contributed by atoms with Crippen LogP contribution in [-0.4, -0.2) is 60.7 Å². The van der Waals surface area contributed by atoms with Gasteiger partial charge in [0.1, 0.15) is 29.7 Å². The highest BCUT2D eigenvalue weighted by Gasteiger charge is 2.87. The summed E-state index contributed by atoms with van der Waals surface area (Å²) < 4.78 is 35.1. The van der Waals surface area contributed by atoms with Crippen molar-refractivity contribution < 1.29 is 52.1 Å². The maximum absolute atomic E-state index is 14.9. The van der Waals surface area contributed by atoms with Gasteiger partial charge in [-0.2, -0.15) is 0 Å². The van der Waals surface area contributed by atoms with E-state index in [4.69, 9.17) is 28.1 Å². The molecule has 0 radical (unpaired) electrons. The molecular formula is C34H42O11. The van der Waals surface area contributed by atoms with Gasteiger partial charge in [-0.3, -0.25) is 14.4 Å². The van der Waals surface area contributed by atoms with Crippen molar-refractivity contribution in [1.82, 2.24) is 0 Å². The minimum Gasteiger partial charge on any atom is -0.472 e. The molecule has 11 atom stereocenters. The maximum Gasteiger partial charge on any atom is 0.347 e. The van der Waals surface area contributed by atoms with Crippen molar-refractivity contribution in [1.29, 1.82) is 0 Å². The third kappa shape index (κ3) is 4.14. The van der Waals surface area contributed by atoms with Gasteiger partial charge in [-0.05, 0) is 32.8 Å². The molecule has 1 aromatic heterocycles. The Morgan fingerprint density at radius 2 is 1.80 bits per heavy atom.